The molecule has 0 amide bonds. The van der Waals surface area contributed by atoms with Crippen molar-refractivity contribution in [2.24, 2.45) is 5.14 Å². The number of nitrogens with zero attached hydrogens (tertiary/aromatic N) is 3. The zero-order valence-electron chi connectivity index (χ0n) is 18.4. The van der Waals surface area contributed by atoms with Crippen LogP contribution >= 0.6 is 0 Å². The van der Waals surface area contributed by atoms with E-state index in [1.807, 2.05) is 38.1 Å². The average molecular weight is 468 g/mol. The molecule has 0 aliphatic carbocycles. The lowest BCUT2D eigenvalue weighted by atomic mass is 10.1. The molecule has 9 nitrogen and oxygen atoms in total. The summed E-state index contributed by atoms with van der Waals surface area (Å²) in [6.07, 6.45) is 1.51. The van der Waals surface area contributed by atoms with Gasteiger partial charge in [0.2, 0.25) is 10.0 Å². The van der Waals surface area contributed by atoms with E-state index in [9.17, 15) is 13.2 Å². The summed E-state index contributed by atoms with van der Waals surface area (Å²) in [5.74, 6) is 1.06. The predicted octanol–water partition coefficient (Wildman–Crippen LogP) is 2.83. The number of para-hydroxylation sites is 1. The molecular formula is C23H25N5O4S. The van der Waals surface area contributed by atoms with Crippen LogP contribution < -0.4 is 15.4 Å². The summed E-state index contributed by atoms with van der Waals surface area (Å²) in [7, 11) is -3.77. The molecule has 172 valence electrons. The molecule has 33 heavy (non-hydrogen) atoms. The number of aromatic nitrogens is 4. The summed E-state index contributed by atoms with van der Waals surface area (Å²) in [4.78, 5) is 20.8. The average Bonchev–Trinajstić information content (AvgIpc) is 3.12. The SMILES string of the molecule is CCCc1nn(Cc2ccc(S(N)(=O)=O)cc2)c2c(=O)[nH]c(-c3ccccc3OCC)nc12. The Balaban J connectivity index is 1.81. The van der Waals surface area contributed by atoms with Gasteiger partial charge >= 0.3 is 0 Å². The molecule has 0 bridgehead atoms. The zero-order valence-corrected chi connectivity index (χ0v) is 19.2. The summed E-state index contributed by atoms with van der Waals surface area (Å²) in [5, 5.41) is 9.83. The lowest BCUT2D eigenvalue weighted by Gasteiger charge is -2.09. The highest BCUT2D eigenvalue weighted by molar-refractivity contribution is 7.89. The van der Waals surface area contributed by atoms with Gasteiger partial charge in [0.25, 0.3) is 5.56 Å². The Kier molecular flexibility index (Phi) is 6.30. The summed E-state index contributed by atoms with van der Waals surface area (Å²) < 4.78 is 30.3. The van der Waals surface area contributed by atoms with Gasteiger partial charge in [0.05, 0.1) is 29.3 Å². The number of hydrogen-bond donors (Lipinski definition) is 2. The zero-order chi connectivity index (χ0) is 23.6. The molecule has 0 saturated heterocycles. The Hall–Kier alpha value is -3.50. The van der Waals surface area contributed by atoms with Crippen LogP contribution in [-0.2, 0) is 23.0 Å². The maximum absolute atomic E-state index is 13.2. The number of H-pyrrole nitrogens is 1. The van der Waals surface area contributed by atoms with Crippen molar-refractivity contribution in [3.63, 3.8) is 0 Å². The van der Waals surface area contributed by atoms with Crippen LogP contribution in [-0.4, -0.2) is 34.8 Å². The van der Waals surface area contributed by atoms with Crippen molar-refractivity contribution < 1.29 is 13.2 Å². The number of primary sulfonamides is 1. The van der Waals surface area contributed by atoms with Crippen LogP contribution in [0, 0.1) is 0 Å². The second-order valence-corrected chi connectivity index (χ2v) is 9.15. The van der Waals surface area contributed by atoms with Crippen molar-refractivity contribution in [1.82, 2.24) is 19.7 Å². The van der Waals surface area contributed by atoms with Crippen LogP contribution in [0.3, 0.4) is 0 Å². The van der Waals surface area contributed by atoms with E-state index in [-0.39, 0.29) is 17.0 Å². The number of sulfonamides is 1. The van der Waals surface area contributed by atoms with Gasteiger partial charge in [-0.2, -0.15) is 5.10 Å². The Labute approximate surface area is 191 Å². The van der Waals surface area contributed by atoms with Crippen LogP contribution in [0.4, 0.5) is 0 Å². The highest BCUT2D eigenvalue weighted by atomic mass is 32.2. The minimum Gasteiger partial charge on any atom is -0.493 e. The first-order valence-corrected chi connectivity index (χ1v) is 12.2. The maximum atomic E-state index is 13.2. The van der Waals surface area contributed by atoms with Gasteiger partial charge in [0, 0.05) is 0 Å². The molecule has 0 radical (unpaired) electrons. The van der Waals surface area contributed by atoms with Crippen LogP contribution in [0.2, 0.25) is 0 Å². The molecule has 0 aliphatic heterocycles. The Morgan fingerprint density at radius 1 is 1.09 bits per heavy atom. The summed E-state index contributed by atoms with van der Waals surface area (Å²) in [6, 6.07) is 13.6. The second-order valence-electron chi connectivity index (χ2n) is 7.58. The van der Waals surface area contributed by atoms with E-state index in [1.54, 1.807) is 16.8 Å². The molecule has 2 heterocycles. The number of hydrogen-bond acceptors (Lipinski definition) is 6. The number of rotatable bonds is 8. The fourth-order valence-electron chi connectivity index (χ4n) is 3.70. The van der Waals surface area contributed by atoms with Crippen molar-refractivity contribution in [2.45, 2.75) is 38.1 Å². The van der Waals surface area contributed by atoms with Crippen LogP contribution in [0.1, 0.15) is 31.5 Å². The van der Waals surface area contributed by atoms with Crippen LogP contribution in [0.15, 0.2) is 58.2 Å². The van der Waals surface area contributed by atoms with Gasteiger partial charge < -0.3 is 9.72 Å². The highest BCUT2D eigenvalue weighted by Gasteiger charge is 2.19. The minimum atomic E-state index is -3.77. The quantitative estimate of drug-likeness (QED) is 0.409. The Bertz CT molecular complexity index is 1460. The molecule has 2 aromatic carbocycles. The first kappa shape index (κ1) is 22.7. The van der Waals surface area contributed by atoms with E-state index in [0.29, 0.717) is 41.2 Å². The van der Waals surface area contributed by atoms with E-state index in [2.05, 4.69) is 10.1 Å². The van der Waals surface area contributed by atoms with Crippen molar-refractivity contribution >= 4 is 21.1 Å². The monoisotopic (exact) mass is 467 g/mol. The molecule has 0 spiro atoms. The van der Waals surface area contributed by atoms with E-state index in [4.69, 9.17) is 14.9 Å². The first-order valence-electron chi connectivity index (χ1n) is 10.7. The van der Waals surface area contributed by atoms with Gasteiger partial charge in [-0.3, -0.25) is 9.48 Å². The van der Waals surface area contributed by atoms with Gasteiger partial charge in [-0.1, -0.05) is 37.6 Å². The molecule has 0 saturated carbocycles. The smallest absolute Gasteiger partial charge is 0.277 e. The third-order valence-corrected chi connectivity index (χ3v) is 6.11. The topological polar surface area (TPSA) is 133 Å². The van der Waals surface area contributed by atoms with Crippen molar-refractivity contribution in [3.8, 4) is 17.1 Å². The van der Waals surface area contributed by atoms with Gasteiger partial charge in [0.1, 0.15) is 17.1 Å². The number of nitrogens with one attached hydrogen (secondary N) is 1. The molecule has 10 heteroatoms. The predicted molar refractivity (Wildman–Crippen MR) is 126 cm³/mol. The number of aromatic amines is 1. The van der Waals surface area contributed by atoms with E-state index < -0.39 is 10.0 Å². The Morgan fingerprint density at radius 3 is 2.48 bits per heavy atom. The number of nitrogens with two attached hydrogens (primary N) is 1. The van der Waals surface area contributed by atoms with E-state index in [0.717, 1.165) is 17.7 Å². The summed E-state index contributed by atoms with van der Waals surface area (Å²) in [6.45, 7) is 4.71. The van der Waals surface area contributed by atoms with Gasteiger partial charge in [-0.05, 0) is 43.2 Å². The van der Waals surface area contributed by atoms with Gasteiger partial charge in [-0.25, -0.2) is 18.5 Å². The first-order chi connectivity index (χ1) is 15.8. The van der Waals surface area contributed by atoms with Crippen molar-refractivity contribution in [2.75, 3.05) is 6.61 Å². The van der Waals surface area contributed by atoms with Gasteiger partial charge in [-0.15, -0.1) is 0 Å². The lowest BCUT2D eigenvalue weighted by Crippen LogP contribution is -2.15. The Morgan fingerprint density at radius 2 is 1.82 bits per heavy atom. The molecule has 2 aromatic heterocycles. The molecule has 3 N–H and O–H groups in total. The summed E-state index contributed by atoms with van der Waals surface area (Å²) >= 11 is 0. The molecule has 0 atom stereocenters. The van der Waals surface area contributed by atoms with Gasteiger partial charge in [0.15, 0.2) is 5.52 Å². The highest BCUT2D eigenvalue weighted by Crippen LogP contribution is 2.28. The minimum absolute atomic E-state index is 0.0281. The molecule has 4 rings (SSSR count). The maximum Gasteiger partial charge on any atom is 0.277 e. The third kappa shape index (κ3) is 4.67. The molecule has 0 unspecified atom stereocenters. The van der Waals surface area contributed by atoms with Crippen molar-refractivity contribution in [3.05, 3.63) is 70.1 Å². The second kappa shape index (κ2) is 9.16. The van der Waals surface area contributed by atoms with Crippen LogP contribution in [0.25, 0.3) is 22.4 Å². The fourth-order valence-corrected chi connectivity index (χ4v) is 4.21. The lowest BCUT2D eigenvalue weighted by molar-refractivity contribution is 0.341. The van der Waals surface area contributed by atoms with Crippen molar-refractivity contribution in [1.29, 1.82) is 0 Å². The van der Waals surface area contributed by atoms with E-state index >= 15 is 0 Å². The third-order valence-electron chi connectivity index (χ3n) is 5.18. The fraction of sp³-hybridized carbons (Fsp3) is 0.261. The summed E-state index contributed by atoms with van der Waals surface area (Å²) in [5.41, 5.74) is 2.81. The molecule has 0 aliphatic rings. The van der Waals surface area contributed by atoms with E-state index in [1.165, 1.54) is 12.1 Å². The normalized spacial score (nSPS) is 11.7. The largest absolute Gasteiger partial charge is 0.493 e. The number of ether oxygens (including phenoxy) is 1. The number of fused-ring (bicyclic) bond motifs is 1. The number of aryl methyl sites for hydroxylation is 1. The molecule has 0 fully saturated rings. The standard InChI is InChI=1S/C23H25N5O4S/c1-3-7-18-20-21(28(27-18)14-15-10-12-16(13-11-15)33(24,30)31)23(29)26-22(25-20)17-8-5-6-9-19(17)32-4-2/h5-6,8-13H,3-4,7,14H2,1-2H3,(H2,24,30,31)(H,25,26,29). The van der Waals surface area contributed by atoms with Crippen LogP contribution in [0.5, 0.6) is 5.75 Å². The number of benzene rings is 2. The molecule has 4 aromatic rings. The molecular weight excluding hydrogens is 442 g/mol.